The molecule has 2 aromatic rings. The third-order valence-electron chi connectivity index (χ3n) is 2.70. The molecule has 3 rings (SSSR count). The van der Waals surface area contributed by atoms with E-state index in [1.54, 1.807) is 0 Å². The van der Waals surface area contributed by atoms with Crippen LogP contribution in [0, 0.1) is 3.57 Å². The summed E-state index contributed by atoms with van der Waals surface area (Å²) in [5.41, 5.74) is 9.60. The molecule has 76 valence electrons. The van der Waals surface area contributed by atoms with E-state index >= 15 is 0 Å². The molecule has 1 aromatic carbocycles. The number of nitrogen functional groups attached to an aromatic ring is 1. The minimum absolute atomic E-state index is 0.650. The molecular weight excluding hydrogens is 301 g/mol. The van der Waals surface area contributed by atoms with Crippen LogP contribution in [-0.2, 0) is 0 Å². The molecule has 15 heavy (non-hydrogen) atoms. The van der Waals surface area contributed by atoms with Crippen molar-refractivity contribution in [1.29, 1.82) is 0 Å². The molecule has 0 atom stereocenters. The van der Waals surface area contributed by atoms with Crippen molar-refractivity contribution in [2.45, 2.75) is 18.8 Å². The SMILES string of the molecule is Nc1ccc2nc(C3CC3)cnc2c1I. The van der Waals surface area contributed by atoms with Gasteiger partial charge in [0.15, 0.2) is 0 Å². The number of nitrogens with two attached hydrogens (primary N) is 1. The van der Waals surface area contributed by atoms with Crippen molar-refractivity contribution in [3.63, 3.8) is 0 Å². The van der Waals surface area contributed by atoms with Crippen molar-refractivity contribution < 1.29 is 0 Å². The Hall–Kier alpha value is -0.910. The minimum atomic E-state index is 0.650. The predicted molar refractivity (Wildman–Crippen MR) is 68.6 cm³/mol. The molecule has 1 aliphatic rings. The lowest BCUT2D eigenvalue weighted by Crippen LogP contribution is -1.96. The quantitative estimate of drug-likeness (QED) is 0.651. The zero-order valence-corrected chi connectivity index (χ0v) is 10.2. The van der Waals surface area contributed by atoms with Gasteiger partial charge in [0.05, 0.1) is 14.8 Å². The number of hydrogen-bond donors (Lipinski definition) is 1. The second-order valence-corrected chi connectivity index (χ2v) is 4.98. The minimum Gasteiger partial charge on any atom is -0.398 e. The molecule has 0 spiro atoms. The van der Waals surface area contributed by atoms with Crippen LogP contribution in [0.25, 0.3) is 11.0 Å². The van der Waals surface area contributed by atoms with Gasteiger partial charge in [-0.25, -0.2) is 4.98 Å². The van der Waals surface area contributed by atoms with Crippen molar-refractivity contribution in [2.75, 3.05) is 5.73 Å². The Morgan fingerprint density at radius 1 is 1.33 bits per heavy atom. The van der Waals surface area contributed by atoms with E-state index in [0.717, 1.165) is 26.0 Å². The fourth-order valence-electron chi connectivity index (χ4n) is 1.66. The van der Waals surface area contributed by atoms with E-state index in [-0.39, 0.29) is 0 Å². The van der Waals surface area contributed by atoms with Gasteiger partial charge in [-0.3, -0.25) is 4.98 Å². The first-order chi connectivity index (χ1) is 7.25. The van der Waals surface area contributed by atoms with E-state index in [0.29, 0.717) is 5.92 Å². The van der Waals surface area contributed by atoms with Crippen molar-refractivity contribution in [3.8, 4) is 0 Å². The van der Waals surface area contributed by atoms with Crippen LogP contribution in [0.1, 0.15) is 24.5 Å². The van der Waals surface area contributed by atoms with Gasteiger partial charge in [-0.05, 0) is 47.6 Å². The molecule has 1 heterocycles. The van der Waals surface area contributed by atoms with Crippen LogP contribution in [0.5, 0.6) is 0 Å². The van der Waals surface area contributed by atoms with Crippen molar-refractivity contribution in [3.05, 3.63) is 27.6 Å². The van der Waals surface area contributed by atoms with Gasteiger partial charge in [-0.1, -0.05) is 0 Å². The zero-order valence-electron chi connectivity index (χ0n) is 8.07. The molecule has 4 heteroatoms. The highest BCUT2D eigenvalue weighted by molar-refractivity contribution is 14.1. The lowest BCUT2D eigenvalue weighted by atomic mass is 10.2. The summed E-state index contributed by atoms with van der Waals surface area (Å²) in [6.07, 6.45) is 4.40. The van der Waals surface area contributed by atoms with E-state index in [1.165, 1.54) is 12.8 Å². The van der Waals surface area contributed by atoms with Crippen molar-refractivity contribution >= 4 is 39.3 Å². The van der Waals surface area contributed by atoms with E-state index in [1.807, 2.05) is 18.3 Å². The summed E-state index contributed by atoms with van der Waals surface area (Å²) in [5.74, 6) is 0.650. The normalized spacial score (nSPS) is 15.8. The Morgan fingerprint density at radius 3 is 2.87 bits per heavy atom. The van der Waals surface area contributed by atoms with Crippen LogP contribution in [-0.4, -0.2) is 9.97 Å². The molecule has 0 unspecified atom stereocenters. The first-order valence-electron chi connectivity index (χ1n) is 4.96. The molecule has 2 N–H and O–H groups in total. The van der Waals surface area contributed by atoms with Gasteiger partial charge in [-0.15, -0.1) is 0 Å². The average molecular weight is 311 g/mol. The van der Waals surface area contributed by atoms with Gasteiger partial charge in [-0.2, -0.15) is 0 Å². The summed E-state index contributed by atoms with van der Waals surface area (Å²) in [4.78, 5) is 9.07. The molecule has 0 radical (unpaired) electrons. The van der Waals surface area contributed by atoms with Gasteiger partial charge in [0.1, 0.15) is 5.52 Å². The fourth-order valence-corrected chi connectivity index (χ4v) is 2.25. The van der Waals surface area contributed by atoms with E-state index in [4.69, 9.17) is 5.73 Å². The number of rotatable bonds is 1. The highest BCUT2D eigenvalue weighted by Crippen LogP contribution is 2.39. The molecular formula is C11H10IN3. The van der Waals surface area contributed by atoms with Crippen LogP contribution < -0.4 is 5.73 Å². The number of halogens is 1. The number of benzene rings is 1. The van der Waals surface area contributed by atoms with Gasteiger partial charge >= 0.3 is 0 Å². The standard InChI is InChI=1S/C11H10IN3/c12-10-7(13)3-4-8-11(10)14-5-9(15-8)6-1-2-6/h3-6H,1-2,13H2. The highest BCUT2D eigenvalue weighted by atomic mass is 127. The lowest BCUT2D eigenvalue weighted by molar-refractivity contribution is 1.02. The molecule has 1 aromatic heterocycles. The Balaban J connectivity index is 2.24. The molecule has 1 aliphatic carbocycles. The third kappa shape index (κ3) is 1.56. The summed E-state index contributed by atoms with van der Waals surface area (Å²) in [6.45, 7) is 0. The van der Waals surface area contributed by atoms with Crippen molar-refractivity contribution in [2.24, 2.45) is 0 Å². The maximum atomic E-state index is 5.82. The van der Waals surface area contributed by atoms with E-state index < -0.39 is 0 Å². The Bertz CT molecular complexity index is 535. The topological polar surface area (TPSA) is 51.8 Å². The molecule has 3 nitrogen and oxygen atoms in total. The van der Waals surface area contributed by atoms with Gasteiger partial charge < -0.3 is 5.73 Å². The van der Waals surface area contributed by atoms with Gasteiger partial charge in [0.2, 0.25) is 0 Å². The summed E-state index contributed by atoms with van der Waals surface area (Å²) in [7, 11) is 0. The second-order valence-electron chi connectivity index (χ2n) is 3.91. The zero-order chi connectivity index (χ0) is 10.4. The van der Waals surface area contributed by atoms with Crippen molar-refractivity contribution in [1.82, 2.24) is 9.97 Å². The summed E-state index contributed by atoms with van der Waals surface area (Å²) in [5, 5.41) is 0. The van der Waals surface area contributed by atoms with Crippen LogP contribution in [0.15, 0.2) is 18.3 Å². The smallest absolute Gasteiger partial charge is 0.104 e. The number of fused-ring (bicyclic) bond motifs is 1. The second kappa shape index (κ2) is 3.30. The molecule has 0 bridgehead atoms. The van der Waals surface area contributed by atoms with Crippen LogP contribution in [0.2, 0.25) is 0 Å². The number of anilines is 1. The molecule has 0 saturated heterocycles. The number of nitrogens with zero attached hydrogens (tertiary/aromatic N) is 2. The van der Waals surface area contributed by atoms with E-state index in [9.17, 15) is 0 Å². The number of hydrogen-bond acceptors (Lipinski definition) is 3. The Kier molecular flexibility index (Phi) is 2.05. The molecule has 1 fully saturated rings. The number of aromatic nitrogens is 2. The summed E-state index contributed by atoms with van der Waals surface area (Å²) in [6, 6.07) is 3.85. The average Bonchev–Trinajstić information content (AvgIpc) is 3.07. The molecule has 1 saturated carbocycles. The highest BCUT2D eigenvalue weighted by Gasteiger charge is 2.25. The fraction of sp³-hybridized carbons (Fsp3) is 0.273. The Labute approximate surface area is 101 Å². The molecule has 0 amide bonds. The van der Waals surface area contributed by atoms with Gasteiger partial charge in [0.25, 0.3) is 0 Å². The summed E-state index contributed by atoms with van der Waals surface area (Å²) < 4.78 is 1.000. The van der Waals surface area contributed by atoms with Crippen LogP contribution >= 0.6 is 22.6 Å². The van der Waals surface area contributed by atoms with E-state index in [2.05, 4.69) is 32.6 Å². The third-order valence-corrected chi connectivity index (χ3v) is 3.83. The Morgan fingerprint density at radius 2 is 2.13 bits per heavy atom. The predicted octanol–water partition coefficient (Wildman–Crippen LogP) is 2.69. The van der Waals surface area contributed by atoms with Gasteiger partial charge in [0, 0.05) is 17.8 Å². The lowest BCUT2D eigenvalue weighted by Gasteiger charge is -2.04. The first kappa shape index (κ1) is 9.33. The molecule has 0 aliphatic heterocycles. The first-order valence-corrected chi connectivity index (χ1v) is 6.04. The maximum absolute atomic E-state index is 5.82. The van der Waals surface area contributed by atoms with Crippen LogP contribution in [0.4, 0.5) is 5.69 Å². The van der Waals surface area contributed by atoms with Crippen LogP contribution in [0.3, 0.4) is 0 Å². The maximum Gasteiger partial charge on any atom is 0.104 e. The summed E-state index contributed by atoms with van der Waals surface area (Å²) >= 11 is 2.22. The monoisotopic (exact) mass is 311 g/mol. The largest absolute Gasteiger partial charge is 0.398 e.